The van der Waals surface area contributed by atoms with Crippen molar-refractivity contribution in [2.24, 2.45) is 0 Å². The predicted octanol–water partition coefficient (Wildman–Crippen LogP) is 4.73. The van der Waals surface area contributed by atoms with Crippen LogP contribution < -0.4 is 10.2 Å². The minimum absolute atomic E-state index is 0.159. The highest BCUT2D eigenvalue weighted by molar-refractivity contribution is 9.10. The summed E-state index contributed by atoms with van der Waals surface area (Å²) in [6, 6.07) is 12.3. The number of hydrogen-bond acceptors (Lipinski definition) is 4. The van der Waals surface area contributed by atoms with Crippen molar-refractivity contribution < 1.29 is 9.13 Å². The standard InChI is InChI=1S/C18H18BrFN4OS/c1-2-17-22-23-18(26)24(17)21-10-13-9-14(19)7-8-16(13)25-11-12-5-3-4-6-15(12)20/h3-9,21H,2,10-11H2,1H3,(H,23,26). The Kier molecular flexibility index (Phi) is 6.05. The Hall–Kier alpha value is -2.19. The average molecular weight is 437 g/mol. The van der Waals surface area contributed by atoms with E-state index in [1.165, 1.54) is 6.07 Å². The molecule has 3 rings (SSSR count). The van der Waals surface area contributed by atoms with Crippen molar-refractivity contribution in [3.63, 3.8) is 0 Å². The van der Waals surface area contributed by atoms with E-state index in [4.69, 9.17) is 17.0 Å². The second-order valence-corrected chi connectivity index (χ2v) is 6.90. The van der Waals surface area contributed by atoms with E-state index in [9.17, 15) is 4.39 Å². The van der Waals surface area contributed by atoms with E-state index >= 15 is 0 Å². The van der Waals surface area contributed by atoms with Gasteiger partial charge in [-0.05, 0) is 36.5 Å². The Morgan fingerprint density at radius 1 is 1.27 bits per heavy atom. The lowest BCUT2D eigenvalue weighted by molar-refractivity contribution is 0.296. The molecular formula is C18H18BrFN4OS. The van der Waals surface area contributed by atoms with Crippen molar-refractivity contribution in [2.45, 2.75) is 26.5 Å². The first-order chi connectivity index (χ1) is 12.6. The number of rotatable bonds is 7. The monoisotopic (exact) mass is 436 g/mol. The molecule has 2 aromatic carbocycles. The van der Waals surface area contributed by atoms with Crippen LogP contribution in [-0.4, -0.2) is 14.9 Å². The van der Waals surface area contributed by atoms with Gasteiger partial charge in [0.2, 0.25) is 4.77 Å². The summed E-state index contributed by atoms with van der Waals surface area (Å²) < 4.78 is 22.8. The number of ether oxygens (including phenoxy) is 1. The van der Waals surface area contributed by atoms with Crippen LogP contribution in [0.4, 0.5) is 4.39 Å². The Morgan fingerprint density at radius 2 is 2.08 bits per heavy atom. The van der Waals surface area contributed by atoms with Crippen LogP contribution in [0.2, 0.25) is 0 Å². The fourth-order valence-corrected chi connectivity index (χ4v) is 3.12. The van der Waals surface area contributed by atoms with Crippen molar-refractivity contribution in [2.75, 3.05) is 5.43 Å². The number of halogens is 2. The topological polar surface area (TPSA) is 54.9 Å². The van der Waals surface area contributed by atoms with Crippen LogP contribution >= 0.6 is 28.1 Å². The molecule has 8 heteroatoms. The van der Waals surface area contributed by atoms with E-state index in [1.54, 1.807) is 22.9 Å². The summed E-state index contributed by atoms with van der Waals surface area (Å²) in [6.45, 7) is 2.64. The fourth-order valence-electron chi connectivity index (χ4n) is 2.49. The summed E-state index contributed by atoms with van der Waals surface area (Å²) >= 11 is 8.72. The highest BCUT2D eigenvalue weighted by atomic mass is 79.9. The molecule has 1 aromatic heterocycles. The zero-order chi connectivity index (χ0) is 18.5. The van der Waals surface area contributed by atoms with Gasteiger partial charge in [0.15, 0.2) is 5.82 Å². The average Bonchev–Trinajstić information content (AvgIpc) is 3.00. The van der Waals surface area contributed by atoms with Gasteiger partial charge >= 0.3 is 0 Å². The van der Waals surface area contributed by atoms with E-state index < -0.39 is 0 Å². The summed E-state index contributed by atoms with van der Waals surface area (Å²) in [4.78, 5) is 0. The first-order valence-corrected chi connectivity index (χ1v) is 9.33. The molecule has 3 aromatic rings. The van der Waals surface area contributed by atoms with Crippen molar-refractivity contribution in [1.82, 2.24) is 14.9 Å². The summed E-state index contributed by atoms with van der Waals surface area (Å²) in [5.41, 5.74) is 4.68. The molecule has 5 nitrogen and oxygen atoms in total. The number of H-pyrrole nitrogens is 1. The molecular weight excluding hydrogens is 419 g/mol. The quantitative estimate of drug-likeness (QED) is 0.525. The summed E-state index contributed by atoms with van der Waals surface area (Å²) in [7, 11) is 0. The number of aryl methyl sites for hydroxylation is 1. The molecule has 0 fully saturated rings. The predicted molar refractivity (Wildman–Crippen MR) is 105 cm³/mol. The molecule has 0 saturated carbocycles. The SMILES string of the molecule is CCc1n[nH]c(=S)n1NCc1cc(Br)ccc1OCc1ccccc1F. The van der Waals surface area contributed by atoms with Crippen molar-refractivity contribution in [3.8, 4) is 5.75 Å². The number of benzene rings is 2. The summed E-state index contributed by atoms with van der Waals surface area (Å²) in [5.74, 6) is 1.22. The van der Waals surface area contributed by atoms with E-state index in [0.717, 1.165) is 22.3 Å². The van der Waals surface area contributed by atoms with Crippen LogP contribution in [0.25, 0.3) is 0 Å². The maximum absolute atomic E-state index is 13.8. The largest absolute Gasteiger partial charge is 0.488 e. The molecule has 1 heterocycles. The first kappa shape index (κ1) is 18.6. The highest BCUT2D eigenvalue weighted by Crippen LogP contribution is 2.25. The summed E-state index contributed by atoms with van der Waals surface area (Å²) in [5, 5.41) is 6.95. The van der Waals surface area contributed by atoms with E-state index in [1.807, 2.05) is 25.1 Å². The zero-order valence-corrected chi connectivity index (χ0v) is 16.5. The van der Waals surface area contributed by atoms with Gasteiger partial charge in [0.05, 0.1) is 6.54 Å². The summed E-state index contributed by atoms with van der Waals surface area (Å²) in [6.07, 6.45) is 0.745. The van der Waals surface area contributed by atoms with Crippen LogP contribution in [0.5, 0.6) is 5.75 Å². The molecule has 0 radical (unpaired) electrons. The van der Waals surface area contributed by atoms with E-state index in [-0.39, 0.29) is 12.4 Å². The van der Waals surface area contributed by atoms with Gasteiger partial charge in [-0.25, -0.2) is 9.07 Å². The van der Waals surface area contributed by atoms with Crippen LogP contribution in [0.15, 0.2) is 46.9 Å². The molecule has 0 aliphatic carbocycles. The van der Waals surface area contributed by atoms with Gasteiger partial charge in [0.25, 0.3) is 0 Å². The van der Waals surface area contributed by atoms with Gasteiger partial charge in [-0.15, -0.1) is 0 Å². The van der Waals surface area contributed by atoms with Gasteiger partial charge in [-0.2, -0.15) is 5.10 Å². The molecule has 0 amide bonds. The minimum atomic E-state index is -0.276. The lowest BCUT2D eigenvalue weighted by Gasteiger charge is -2.15. The molecule has 2 N–H and O–H groups in total. The molecule has 0 saturated heterocycles. The zero-order valence-electron chi connectivity index (χ0n) is 14.1. The van der Waals surface area contributed by atoms with Gasteiger partial charge in [-0.3, -0.25) is 5.10 Å². The second-order valence-electron chi connectivity index (χ2n) is 5.60. The molecule has 0 unspecified atom stereocenters. The minimum Gasteiger partial charge on any atom is -0.488 e. The smallest absolute Gasteiger partial charge is 0.214 e. The first-order valence-electron chi connectivity index (χ1n) is 8.13. The van der Waals surface area contributed by atoms with Gasteiger partial charge in [0, 0.05) is 22.0 Å². The molecule has 136 valence electrons. The van der Waals surface area contributed by atoms with Crippen LogP contribution in [-0.2, 0) is 19.6 Å². The third-order valence-electron chi connectivity index (χ3n) is 3.85. The Bertz CT molecular complexity index is 956. The normalized spacial score (nSPS) is 10.7. The maximum atomic E-state index is 13.8. The van der Waals surface area contributed by atoms with Crippen LogP contribution in [0, 0.1) is 10.6 Å². The molecule has 0 spiro atoms. The fraction of sp³-hybridized carbons (Fsp3) is 0.222. The van der Waals surface area contributed by atoms with Crippen molar-refractivity contribution in [1.29, 1.82) is 0 Å². The second kappa shape index (κ2) is 8.46. The lowest BCUT2D eigenvalue weighted by atomic mass is 10.2. The molecule has 0 aliphatic rings. The number of nitrogens with zero attached hydrogens (tertiary/aromatic N) is 2. The number of nitrogens with one attached hydrogen (secondary N) is 2. The number of aromatic amines is 1. The van der Waals surface area contributed by atoms with E-state index in [0.29, 0.717) is 22.6 Å². The molecule has 0 bridgehead atoms. The van der Waals surface area contributed by atoms with E-state index in [2.05, 4.69) is 31.6 Å². The third kappa shape index (κ3) is 4.31. The number of hydrogen-bond donors (Lipinski definition) is 2. The van der Waals surface area contributed by atoms with Gasteiger partial charge in [0.1, 0.15) is 18.2 Å². The third-order valence-corrected chi connectivity index (χ3v) is 4.62. The molecule has 0 aliphatic heterocycles. The van der Waals surface area contributed by atoms with Gasteiger partial charge < -0.3 is 10.2 Å². The van der Waals surface area contributed by atoms with Crippen molar-refractivity contribution in [3.05, 3.63) is 74.5 Å². The Morgan fingerprint density at radius 3 is 2.85 bits per heavy atom. The van der Waals surface area contributed by atoms with Gasteiger partial charge in [-0.1, -0.05) is 41.1 Å². The maximum Gasteiger partial charge on any atom is 0.214 e. The highest BCUT2D eigenvalue weighted by Gasteiger charge is 2.09. The number of aromatic nitrogens is 3. The Balaban J connectivity index is 1.76. The van der Waals surface area contributed by atoms with Crippen LogP contribution in [0.1, 0.15) is 23.9 Å². The van der Waals surface area contributed by atoms with Crippen LogP contribution in [0.3, 0.4) is 0 Å². The van der Waals surface area contributed by atoms with Crippen molar-refractivity contribution >= 4 is 28.1 Å². The Labute approximate surface area is 164 Å². The lowest BCUT2D eigenvalue weighted by Crippen LogP contribution is -2.18. The molecule has 0 atom stereocenters. The molecule has 26 heavy (non-hydrogen) atoms.